The summed E-state index contributed by atoms with van der Waals surface area (Å²) in [6, 6.07) is 7.36. The highest BCUT2D eigenvalue weighted by Crippen LogP contribution is 2.13. The third kappa shape index (κ3) is 3.19. The summed E-state index contributed by atoms with van der Waals surface area (Å²) in [7, 11) is -3.77. The van der Waals surface area contributed by atoms with Gasteiger partial charge in [-0.25, -0.2) is 8.42 Å². The molecule has 0 aliphatic rings. The van der Waals surface area contributed by atoms with Crippen molar-refractivity contribution < 1.29 is 13.2 Å². The monoisotopic (exact) mass is 253 g/mol. The summed E-state index contributed by atoms with van der Waals surface area (Å²) in [5.74, 6) is -0.653. The summed E-state index contributed by atoms with van der Waals surface area (Å²) < 4.78 is 25.3. The number of primary amides is 1. The second-order valence-corrected chi connectivity index (χ2v) is 5.36. The predicted octanol–water partition coefficient (Wildman–Crippen LogP) is 0.439. The highest BCUT2D eigenvalue weighted by molar-refractivity contribution is 7.93. The van der Waals surface area contributed by atoms with Crippen molar-refractivity contribution in [3.63, 3.8) is 0 Å². The van der Waals surface area contributed by atoms with Crippen LogP contribution >= 0.6 is 0 Å². The van der Waals surface area contributed by atoms with Crippen molar-refractivity contribution in [3.8, 4) is 6.07 Å². The topological polar surface area (TPSA) is 113 Å². The summed E-state index contributed by atoms with van der Waals surface area (Å²) in [6.45, 7) is 1.26. The molecular formula is C10H11N3O3S. The molecule has 0 fully saturated rings. The number of amides is 1. The number of sulfonamides is 1. The molecule has 0 aliphatic heterocycles. The van der Waals surface area contributed by atoms with Crippen molar-refractivity contribution in [1.82, 2.24) is 0 Å². The van der Waals surface area contributed by atoms with Crippen LogP contribution in [0.5, 0.6) is 0 Å². The lowest BCUT2D eigenvalue weighted by Gasteiger charge is -2.09. The maximum Gasteiger partial charge on any atom is 0.248 e. The molecule has 0 bridgehead atoms. The predicted molar refractivity (Wildman–Crippen MR) is 62.6 cm³/mol. The second kappa shape index (κ2) is 4.84. The minimum absolute atomic E-state index is 0.190. The molecule has 1 aromatic rings. The first kappa shape index (κ1) is 13.0. The number of carbonyl (C=O) groups excluding carboxylic acids is 1. The van der Waals surface area contributed by atoms with Crippen molar-refractivity contribution >= 4 is 21.6 Å². The first-order valence-electron chi connectivity index (χ1n) is 4.68. The van der Waals surface area contributed by atoms with E-state index in [1.165, 1.54) is 31.2 Å². The van der Waals surface area contributed by atoms with Crippen LogP contribution in [-0.2, 0) is 10.0 Å². The lowest BCUT2D eigenvalue weighted by atomic mass is 10.2. The molecule has 1 unspecified atom stereocenters. The van der Waals surface area contributed by atoms with Gasteiger partial charge in [0.05, 0.1) is 6.07 Å². The Morgan fingerprint density at radius 2 is 2.18 bits per heavy atom. The molecule has 0 radical (unpaired) electrons. The average molecular weight is 253 g/mol. The van der Waals surface area contributed by atoms with E-state index >= 15 is 0 Å². The van der Waals surface area contributed by atoms with Gasteiger partial charge in [0.15, 0.2) is 5.25 Å². The summed E-state index contributed by atoms with van der Waals surface area (Å²) >= 11 is 0. The van der Waals surface area contributed by atoms with Gasteiger partial charge in [0.2, 0.25) is 15.9 Å². The van der Waals surface area contributed by atoms with Crippen molar-refractivity contribution in [2.45, 2.75) is 12.2 Å². The molecule has 1 amide bonds. The van der Waals surface area contributed by atoms with Crippen LogP contribution in [0.4, 0.5) is 5.69 Å². The van der Waals surface area contributed by atoms with Crippen molar-refractivity contribution in [2.75, 3.05) is 4.72 Å². The van der Waals surface area contributed by atoms with Crippen LogP contribution in [-0.4, -0.2) is 19.6 Å². The molecule has 1 aromatic carbocycles. The normalized spacial score (nSPS) is 12.5. The van der Waals surface area contributed by atoms with Gasteiger partial charge in [-0.15, -0.1) is 0 Å². The zero-order chi connectivity index (χ0) is 13.1. The highest BCUT2D eigenvalue weighted by atomic mass is 32.2. The van der Waals surface area contributed by atoms with Gasteiger partial charge in [0, 0.05) is 11.3 Å². The number of nitriles is 1. The number of hydrogen-bond donors (Lipinski definition) is 2. The molecule has 0 heterocycles. The smallest absolute Gasteiger partial charge is 0.248 e. The summed E-state index contributed by atoms with van der Waals surface area (Å²) in [6.07, 6.45) is 0. The summed E-state index contributed by atoms with van der Waals surface area (Å²) in [5, 5.41) is 7.37. The van der Waals surface area contributed by atoms with Gasteiger partial charge in [-0.2, -0.15) is 5.26 Å². The van der Waals surface area contributed by atoms with Gasteiger partial charge < -0.3 is 5.73 Å². The number of hydrogen-bond acceptors (Lipinski definition) is 4. The Balaban J connectivity index is 3.01. The van der Waals surface area contributed by atoms with E-state index in [1.54, 1.807) is 6.07 Å². The van der Waals surface area contributed by atoms with Crippen LogP contribution in [0.3, 0.4) is 0 Å². The standard InChI is InChI=1S/C10H11N3O3S/c1-7(6-11)17(15,16)13-9-4-2-3-8(5-9)10(12)14/h2-5,7,13H,1H3,(H2,12,14). The second-order valence-electron chi connectivity index (χ2n) is 3.36. The summed E-state index contributed by atoms with van der Waals surface area (Å²) in [4.78, 5) is 10.9. The zero-order valence-corrected chi connectivity index (χ0v) is 9.86. The number of benzene rings is 1. The molecule has 6 nitrogen and oxygen atoms in total. The molecule has 0 saturated carbocycles. The molecule has 0 aliphatic carbocycles. The van der Waals surface area contributed by atoms with Gasteiger partial charge in [-0.05, 0) is 25.1 Å². The SMILES string of the molecule is CC(C#N)S(=O)(=O)Nc1cccc(C(N)=O)c1. The van der Waals surface area contributed by atoms with Crippen molar-refractivity contribution in [2.24, 2.45) is 5.73 Å². The molecule has 0 saturated heterocycles. The number of nitrogens with zero attached hydrogens (tertiary/aromatic N) is 1. The fourth-order valence-electron chi connectivity index (χ4n) is 1.06. The lowest BCUT2D eigenvalue weighted by molar-refractivity contribution is 0.100. The number of anilines is 1. The zero-order valence-electron chi connectivity index (χ0n) is 9.04. The van der Waals surface area contributed by atoms with E-state index in [2.05, 4.69) is 4.72 Å². The van der Waals surface area contributed by atoms with E-state index in [-0.39, 0.29) is 11.3 Å². The van der Waals surface area contributed by atoms with Gasteiger partial charge in [-0.1, -0.05) is 6.07 Å². The van der Waals surface area contributed by atoms with Crippen molar-refractivity contribution in [1.29, 1.82) is 5.26 Å². The molecule has 0 aromatic heterocycles. The van der Waals surface area contributed by atoms with Gasteiger partial charge >= 0.3 is 0 Å². The average Bonchev–Trinajstić information content (AvgIpc) is 2.27. The van der Waals surface area contributed by atoms with E-state index in [0.29, 0.717) is 0 Å². The Labute approximate surface area is 99.1 Å². The van der Waals surface area contributed by atoms with Gasteiger partial charge in [0.1, 0.15) is 0 Å². The molecule has 3 N–H and O–H groups in total. The van der Waals surface area contributed by atoms with Crippen LogP contribution in [0.25, 0.3) is 0 Å². The number of nitrogens with one attached hydrogen (secondary N) is 1. The maximum absolute atomic E-state index is 11.6. The van der Waals surface area contributed by atoms with Gasteiger partial charge in [0.25, 0.3) is 0 Å². The fourth-order valence-corrected chi connectivity index (χ4v) is 1.83. The molecule has 0 spiro atoms. The Hall–Kier alpha value is -2.07. The Bertz CT molecular complexity index is 575. The van der Waals surface area contributed by atoms with E-state index in [9.17, 15) is 13.2 Å². The van der Waals surface area contributed by atoms with Gasteiger partial charge in [-0.3, -0.25) is 9.52 Å². The number of carbonyl (C=O) groups is 1. The minimum Gasteiger partial charge on any atom is -0.366 e. The molecule has 1 rings (SSSR count). The Morgan fingerprint density at radius 3 is 2.71 bits per heavy atom. The van der Waals surface area contributed by atoms with Crippen LogP contribution in [0.2, 0.25) is 0 Å². The summed E-state index contributed by atoms with van der Waals surface area (Å²) in [5.41, 5.74) is 5.45. The number of rotatable bonds is 4. The first-order valence-corrected chi connectivity index (χ1v) is 6.22. The van der Waals surface area contributed by atoms with Crippen LogP contribution in [0.1, 0.15) is 17.3 Å². The van der Waals surface area contributed by atoms with E-state index < -0.39 is 21.2 Å². The van der Waals surface area contributed by atoms with E-state index in [1.807, 2.05) is 0 Å². The largest absolute Gasteiger partial charge is 0.366 e. The lowest BCUT2D eigenvalue weighted by Crippen LogP contribution is -2.24. The van der Waals surface area contributed by atoms with Crippen molar-refractivity contribution in [3.05, 3.63) is 29.8 Å². The molecular weight excluding hydrogens is 242 g/mol. The quantitative estimate of drug-likeness (QED) is 0.810. The highest BCUT2D eigenvalue weighted by Gasteiger charge is 2.20. The third-order valence-electron chi connectivity index (χ3n) is 2.05. The molecule has 17 heavy (non-hydrogen) atoms. The van der Waals surface area contributed by atoms with Crippen LogP contribution in [0, 0.1) is 11.3 Å². The maximum atomic E-state index is 11.6. The third-order valence-corrected chi connectivity index (χ3v) is 3.61. The first-order chi connectivity index (χ1) is 7.86. The van der Waals surface area contributed by atoms with Crippen LogP contribution < -0.4 is 10.5 Å². The fraction of sp³-hybridized carbons (Fsp3) is 0.200. The Morgan fingerprint density at radius 1 is 1.53 bits per heavy atom. The molecule has 7 heteroatoms. The van der Waals surface area contributed by atoms with Crippen LogP contribution in [0.15, 0.2) is 24.3 Å². The van der Waals surface area contributed by atoms with E-state index in [4.69, 9.17) is 11.0 Å². The molecule has 90 valence electrons. The molecule has 1 atom stereocenters. The number of nitrogens with two attached hydrogens (primary N) is 1. The van der Waals surface area contributed by atoms with E-state index in [0.717, 1.165) is 0 Å². The Kier molecular flexibility index (Phi) is 3.70. The minimum atomic E-state index is -3.77.